The first-order chi connectivity index (χ1) is 9.61. The molecule has 7 heteroatoms. The van der Waals surface area contributed by atoms with Crippen LogP contribution < -0.4 is 10.6 Å². The lowest BCUT2D eigenvalue weighted by molar-refractivity contribution is -0.384. The van der Waals surface area contributed by atoms with Crippen LogP contribution >= 0.6 is 0 Å². The van der Waals surface area contributed by atoms with Gasteiger partial charge in [0.1, 0.15) is 5.69 Å². The lowest BCUT2D eigenvalue weighted by atomic mass is 10.1. The number of rotatable bonds is 5. The molecule has 2 rings (SSSR count). The van der Waals surface area contributed by atoms with E-state index < -0.39 is 4.92 Å². The molecule has 0 spiro atoms. The standard InChI is InChI=1S/C13H17N3O4/c1-14-13(17)9-4-5-12(16(18)19)11(7-9)15-8-10-3-2-6-20-10/h4-5,7,10,15H,2-3,6,8H2,1H3,(H,14,17). The van der Waals surface area contributed by atoms with E-state index in [0.29, 0.717) is 17.8 Å². The molecule has 0 saturated carbocycles. The van der Waals surface area contributed by atoms with Gasteiger partial charge in [-0.1, -0.05) is 0 Å². The van der Waals surface area contributed by atoms with Crippen LogP contribution in [0.25, 0.3) is 0 Å². The number of carbonyl (C=O) groups excluding carboxylic acids is 1. The molecule has 1 aromatic carbocycles. The van der Waals surface area contributed by atoms with Crippen molar-refractivity contribution in [2.45, 2.75) is 18.9 Å². The molecule has 0 bridgehead atoms. The molecule has 1 fully saturated rings. The van der Waals surface area contributed by atoms with Crippen LogP contribution in [-0.4, -0.2) is 37.1 Å². The summed E-state index contributed by atoms with van der Waals surface area (Å²) in [5, 5.41) is 16.5. The van der Waals surface area contributed by atoms with E-state index in [4.69, 9.17) is 4.74 Å². The van der Waals surface area contributed by atoms with Gasteiger partial charge in [-0.05, 0) is 25.0 Å². The van der Waals surface area contributed by atoms with E-state index in [2.05, 4.69) is 10.6 Å². The summed E-state index contributed by atoms with van der Waals surface area (Å²) in [5.74, 6) is -0.278. The zero-order chi connectivity index (χ0) is 14.5. The molecule has 1 aromatic rings. The molecule has 1 amide bonds. The molecule has 20 heavy (non-hydrogen) atoms. The van der Waals surface area contributed by atoms with Gasteiger partial charge in [-0.15, -0.1) is 0 Å². The maximum absolute atomic E-state index is 11.6. The van der Waals surface area contributed by atoms with Gasteiger partial charge in [0.05, 0.1) is 11.0 Å². The van der Waals surface area contributed by atoms with Crippen molar-refractivity contribution in [2.24, 2.45) is 0 Å². The Morgan fingerprint density at radius 3 is 2.95 bits per heavy atom. The van der Waals surface area contributed by atoms with Crippen LogP contribution in [-0.2, 0) is 4.74 Å². The van der Waals surface area contributed by atoms with Crippen molar-refractivity contribution in [3.63, 3.8) is 0 Å². The Kier molecular flexibility index (Phi) is 4.52. The number of carbonyl (C=O) groups is 1. The van der Waals surface area contributed by atoms with Crippen molar-refractivity contribution < 1.29 is 14.5 Å². The second kappa shape index (κ2) is 6.33. The van der Waals surface area contributed by atoms with Crippen LogP contribution in [0.15, 0.2) is 18.2 Å². The quantitative estimate of drug-likeness (QED) is 0.630. The third-order valence-electron chi connectivity index (χ3n) is 3.23. The van der Waals surface area contributed by atoms with Gasteiger partial charge in [0, 0.05) is 31.8 Å². The fraction of sp³-hybridized carbons (Fsp3) is 0.462. The lowest BCUT2D eigenvalue weighted by Crippen LogP contribution is -2.20. The van der Waals surface area contributed by atoms with Gasteiger partial charge in [0.15, 0.2) is 0 Å². The molecular formula is C13H17N3O4. The van der Waals surface area contributed by atoms with Gasteiger partial charge in [-0.25, -0.2) is 0 Å². The smallest absolute Gasteiger partial charge is 0.292 e. The number of ether oxygens (including phenoxy) is 1. The normalized spacial score (nSPS) is 17.8. The van der Waals surface area contributed by atoms with E-state index in [-0.39, 0.29) is 17.7 Å². The van der Waals surface area contributed by atoms with Crippen molar-refractivity contribution in [1.29, 1.82) is 0 Å². The van der Waals surface area contributed by atoms with E-state index in [9.17, 15) is 14.9 Å². The SMILES string of the molecule is CNC(=O)c1ccc([N+](=O)[O-])c(NCC2CCCO2)c1. The molecule has 1 atom stereocenters. The second-order valence-corrected chi connectivity index (χ2v) is 4.58. The van der Waals surface area contributed by atoms with Crippen molar-refractivity contribution in [3.05, 3.63) is 33.9 Å². The summed E-state index contributed by atoms with van der Waals surface area (Å²) < 4.78 is 5.46. The van der Waals surface area contributed by atoms with Crippen LogP contribution in [0.2, 0.25) is 0 Å². The van der Waals surface area contributed by atoms with Gasteiger partial charge in [-0.2, -0.15) is 0 Å². The molecule has 2 N–H and O–H groups in total. The van der Waals surface area contributed by atoms with E-state index in [1.165, 1.54) is 25.2 Å². The van der Waals surface area contributed by atoms with Crippen LogP contribution in [0.5, 0.6) is 0 Å². The zero-order valence-corrected chi connectivity index (χ0v) is 11.2. The maximum atomic E-state index is 11.6. The molecule has 7 nitrogen and oxygen atoms in total. The first-order valence-electron chi connectivity index (χ1n) is 6.48. The fourth-order valence-corrected chi connectivity index (χ4v) is 2.15. The minimum absolute atomic E-state index is 0.0457. The Hall–Kier alpha value is -2.15. The summed E-state index contributed by atoms with van der Waals surface area (Å²) in [5.41, 5.74) is 0.676. The first kappa shape index (κ1) is 14.3. The Morgan fingerprint density at radius 2 is 2.35 bits per heavy atom. The number of nitrogens with one attached hydrogen (secondary N) is 2. The predicted molar refractivity (Wildman–Crippen MR) is 74.0 cm³/mol. The number of hydrogen-bond donors (Lipinski definition) is 2. The van der Waals surface area contributed by atoms with Crippen molar-refractivity contribution in [3.8, 4) is 0 Å². The lowest BCUT2D eigenvalue weighted by Gasteiger charge is -2.12. The number of nitro benzene ring substituents is 1. The van der Waals surface area contributed by atoms with E-state index in [0.717, 1.165) is 19.4 Å². The molecule has 1 unspecified atom stereocenters. The largest absolute Gasteiger partial charge is 0.377 e. The molecule has 1 heterocycles. The minimum Gasteiger partial charge on any atom is -0.377 e. The third kappa shape index (κ3) is 3.24. The van der Waals surface area contributed by atoms with E-state index in [1.807, 2.05) is 0 Å². The number of nitro groups is 1. The number of benzene rings is 1. The Morgan fingerprint density at radius 1 is 1.55 bits per heavy atom. The first-order valence-corrected chi connectivity index (χ1v) is 6.48. The van der Waals surface area contributed by atoms with Crippen molar-refractivity contribution >= 4 is 17.3 Å². The highest BCUT2D eigenvalue weighted by Crippen LogP contribution is 2.26. The van der Waals surface area contributed by atoms with Gasteiger partial charge in [0.25, 0.3) is 11.6 Å². The molecule has 1 aliphatic heterocycles. The van der Waals surface area contributed by atoms with Crippen LogP contribution in [0.4, 0.5) is 11.4 Å². The van der Waals surface area contributed by atoms with E-state index >= 15 is 0 Å². The summed E-state index contributed by atoms with van der Waals surface area (Å²) >= 11 is 0. The number of hydrogen-bond acceptors (Lipinski definition) is 5. The monoisotopic (exact) mass is 279 g/mol. The highest BCUT2D eigenvalue weighted by atomic mass is 16.6. The Bertz CT molecular complexity index is 512. The summed E-state index contributed by atoms with van der Waals surface area (Å²) in [6.45, 7) is 1.23. The highest BCUT2D eigenvalue weighted by molar-refractivity contribution is 5.95. The Labute approximate surface area is 116 Å². The van der Waals surface area contributed by atoms with Crippen LogP contribution in [0.3, 0.4) is 0 Å². The summed E-state index contributed by atoms with van der Waals surface area (Å²) in [6, 6.07) is 4.27. The Balaban J connectivity index is 2.17. The second-order valence-electron chi connectivity index (χ2n) is 4.58. The van der Waals surface area contributed by atoms with Gasteiger partial charge < -0.3 is 15.4 Å². The average molecular weight is 279 g/mol. The molecule has 1 saturated heterocycles. The topological polar surface area (TPSA) is 93.5 Å². The number of nitrogens with zero attached hydrogens (tertiary/aromatic N) is 1. The highest BCUT2D eigenvalue weighted by Gasteiger charge is 2.19. The number of amides is 1. The number of anilines is 1. The van der Waals surface area contributed by atoms with Crippen molar-refractivity contribution in [2.75, 3.05) is 25.5 Å². The van der Waals surface area contributed by atoms with E-state index in [1.54, 1.807) is 0 Å². The van der Waals surface area contributed by atoms with Gasteiger partial charge in [-0.3, -0.25) is 14.9 Å². The molecule has 0 aromatic heterocycles. The predicted octanol–water partition coefficient (Wildman–Crippen LogP) is 1.55. The molecule has 0 radical (unpaired) electrons. The summed E-state index contributed by atoms with van der Waals surface area (Å²) in [6.07, 6.45) is 2.01. The maximum Gasteiger partial charge on any atom is 0.292 e. The van der Waals surface area contributed by atoms with Crippen LogP contribution in [0.1, 0.15) is 23.2 Å². The van der Waals surface area contributed by atoms with Crippen molar-refractivity contribution in [1.82, 2.24) is 5.32 Å². The zero-order valence-electron chi connectivity index (χ0n) is 11.2. The fourth-order valence-electron chi connectivity index (χ4n) is 2.15. The third-order valence-corrected chi connectivity index (χ3v) is 3.23. The molecule has 108 valence electrons. The molecule has 0 aliphatic carbocycles. The van der Waals surface area contributed by atoms with Gasteiger partial charge >= 0.3 is 0 Å². The molecule has 1 aliphatic rings. The average Bonchev–Trinajstić information content (AvgIpc) is 2.97. The molecular weight excluding hydrogens is 262 g/mol. The summed E-state index contributed by atoms with van der Waals surface area (Å²) in [7, 11) is 1.52. The van der Waals surface area contributed by atoms with Gasteiger partial charge in [0.2, 0.25) is 0 Å². The van der Waals surface area contributed by atoms with Crippen LogP contribution in [0, 0.1) is 10.1 Å². The minimum atomic E-state index is -0.467. The summed E-state index contributed by atoms with van der Waals surface area (Å²) in [4.78, 5) is 22.1.